The van der Waals surface area contributed by atoms with Crippen molar-refractivity contribution in [3.8, 4) is 0 Å². The number of halogens is 1. The maximum atomic E-state index is 12.1. The molecule has 22 heavy (non-hydrogen) atoms. The molecule has 0 aromatic heterocycles. The minimum Gasteiger partial charge on any atom is -0.289 e. The van der Waals surface area contributed by atoms with E-state index in [1.165, 1.54) is 6.08 Å². The molecule has 0 fully saturated rings. The third kappa shape index (κ3) is 3.38. The zero-order chi connectivity index (χ0) is 15.4. The molecule has 1 heterocycles. The minimum atomic E-state index is -0.0612. The summed E-state index contributed by atoms with van der Waals surface area (Å²) in [6, 6.07) is 16.6. The number of hydrogen-bond acceptors (Lipinski definition) is 3. The highest BCUT2D eigenvalue weighted by molar-refractivity contribution is 6.67. The highest BCUT2D eigenvalue weighted by Gasteiger charge is 2.10. The highest BCUT2D eigenvalue weighted by atomic mass is 35.5. The topological polar surface area (TPSA) is 41.8 Å². The predicted molar refractivity (Wildman–Crippen MR) is 91.0 cm³/mol. The van der Waals surface area contributed by atoms with Gasteiger partial charge in [-0.15, -0.1) is 0 Å². The van der Waals surface area contributed by atoms with Gasteiger partial charge < -0.3 is 0 Å². The molecule has 0 bridgehead atoms. The molecular weight excluding hydrogens is 296 g/mol. The van der Waals surface area contributed by atoms with E-state index in [0.29, 0.717) is 22.9 Å². The van der Waals surface area contributed by atoms with Crippen molar-refractivity contribution in [1.82, 2.24) is 0 Å². The number of ketones is 1. The van der Waals surface area contributed by atoms with Crippen LogP contribution < -0.4 is 0 Å². The van der Waals surface area contributed by atoms with E-state index >= 15 is 0 Å². The summed E-state index contributed by atoms with van der Waals surface area (Å²) in [4.78, 5) is 21.0. The first-order valence-corrected chi connectivity index (χ1v) is 7.27. The molecule has 2 aromatic rings. The van der Waals surface area contributed by atoms with Crippen LogP contribution in [0.4, 0.5) is 11.4 Å². The molecule has 1 aliphatic heterocycles. The molecule has 0 saturated heterocycles. The predicted octanol–water partition coefficient (Wildman–Crippen LogP) is 4.87. The van der Waals surface area contributed by atoms with Crippen molar-refractivity contribution in [2.45, 2.75) is 6.42 Å². The number of allylic oxidation sites excluding steroid dienone is 2. The van der Waals surface area contributed by atoms with Gasteiger partial charge >= 0.3 is 0 Å². The fraction of sp³-hybridized carbons (Fsp3) is 0.0556. The fourth-order valence-corrected chi connectivity index (χ4v) is 2.36. The van der Waals surface area contributed by atoms with Crippen LogP contribution in [0.15, 0.2) is 76.7 Å². The van der Waals surface area contributed by atoms with Crippen molar-refractivity contribution in [2.75, 3.05) is 0 Å². The lowest BCUT2D eigenvalue weighted by Gasteiger charge is -1.98. The molecule has 0 saturated carbocycles. The Balaban J connectivity index is 1.87. The summed E-state index contributed by atoms with van der Waals surface area (Å²) in [5.41, 5.74) is 2.85. The summed E-state index contributed by atoms with van der Waals surface area (Å²) in [6.45, 7) is 0. The van der Waals surface area contributed by atoms with E-state index in [-0.39, 0.29) is 5.78 Å². The number of carbonyl (C=O) groups excluding carboxylic acids is 1. The van der Waals surface area contributed by atoms with Crippen molar-refractivity contribution in [3.63, 3.8) is 0 Å². The minimum absolute atomic E-state index is 0.0612. The Labute approximate surface area is 133 Å². The summed E-state index contributed by atoms with van der Waals surface area (Å²) < 4.78 is 0. The summed E-state index contributed by atoms with van der Waals surface area (Å²) in [5, 5.41) is 0.459. The van der Waals surface area contributed by atoms with Gasteiger partial charge in [-0.1, -0.05) is 54.1 Å². The second-order valence-corrected chi connectivity index (χ2v) is 5.26. The molecule has 0 atom stereocenters. The monoisotopic (exact) mass is 308 g/mol. The molecule has 0 spiro atoms. The third-order valence-electron chi connectivity index (χ3n) is 3.20. The number of fused-ring (bicyclic) bond motifs is 1. The smallest absolute Gasteiger partial charge is 0.185 e. The standard InChI is InChI=1S/C18H13ClN2O/c19-18-12-14(20-15-8-4-5-9-16(15)21-18)10-11-17(22)13-6-2-1-3-7-13/h1-11H,12H2/b11-10+. The van der Waals surface area contributed by atoms with E-state index in [1.54, 1.807) is 18.2 Å². The maximum Gasteiger partial charge on any atom is 0.185 e. The van der Waals surface area contributed by atoms with E-state index in [1.807, 2.05) is 42.5 Å². The number of hydrogen-bond donors (Lipinski definition) is 0. The Morgan fingerprint density at radius 3 is 2.32 bits per heavy atom. The van der Waals surface area contributed by atoms with Gasteiger partial charge in [-0.05, 0) is 24.3 Å². The normalized spacial score (nSPS) is 14.0. The second-order valence-electron chi connectivity index (χ2n) is 4.82. The molecule has 4 heteroatoms. The summed E-state index contributed by atoms with van der Waals surface area (Å²) in [6.07, 6.45) is 3.64. The Bertz CT molecular complexity index is 792. The Morgan fingerprint density at radius 1 is 0.955 bits per heavy atom. The largest absolute Gasteiger partial charge is 0.289 e. The first kappa shape index (κ1) is 14.4. The van der Waals surface area contributed by atoms with Crippen LogP contribution in [0.25, 0.3) is 0 Å². The van der Waals surface area contributed by atoms with Gasteiger partial charge in [0.2, 0.25) is 0 Å². The van der Waals surface area contributed by atoms with Crippen molar-refractivity contribution < 1.29 is 4.79 Å². The van der Waals surface area contributed by atoms with Crippen LogP contribution in [0.5, 0.6) is 0 Å². The van der Waals surface area contributed by atoms with Gasteiger partial charge in [-0.2, -0.15) is 0 Å². The number of benzene rings is 2. The van der Waals surface area contributed by atoms with E-state index in [2.05, 4.69) is 9.98 Å². The first-order valence-electron chi connectivity index (χ1n) is 6.89. The van der Waals surface area contributed by atoms with Crippen LogP contribution in [0.3, 0.4) is 0 Å². The Kier molecular flexibility index (Phi) is 4.26. The fourth-order valence-electron chi connectivity index (χ4n) is 2.13. The second kappa shape index (κ2) is 6.50. The number of para-hydroxylation sites is 2. The molecule has 3 nitrogen and oxygen atoms in total. The number of carbonyl (C=O) groups is 1. The van der Waals surface area contributed by atoms with Crippen LogP contribution in [0, 0.1) is 0 Å². The Morgan fingerprint density at radius 2 is 1.59 bits per heavy atom. The zero-order valence-corrected chi connectivity index (χ0v) is 12.5. The van der Waals surface area contributed by atoms with Gasteiger partial charge in [0, 0.05) is 17.7 Å². The van der Waals surface area contributed by atoms with Crippen molar-refractivity contribution >= 4 is 39.6 Å². The molecule has 3 rings (SSSR count). The van der Waals surface area contributed by atoms with E-state index in [0.717, 1.165) is 11.4 Å². The number of nitrogens with zero attached hydrogens (tertiary/aromatic N) is 2. The van der Waals surface area contributed by atoms with Gasteiger partial charge in [0.1, 0.15) is 5.17 Å². The average molecular weight is 309 g/mol. The quantitative estimate of drug-likeness (QED) is 0.589. The molecule has 0 radical (unpaired) electrons. The molecular formula is C18H13ClN2O. The molecule has 108 valence electrons. The summed E-state index contributed by atoms with van der Waals surface area (Å²) >= 11 is 6.13. The lowest BCUT2D eigenvalue weighted by atomic mass is 10.1. The SMILES string of the molecule is O=C(/C=C/C1=Nc2ccccc2N=C(Cl)C1)c1ccccc1. The van der Waals surface area contributed by atoms with Gasteiger partial charge in [0.15, 0.2) is 5.78 Å². The molecule has 2 aromatic carbocycles. The van der Waals surface area contributed by atoms with Crippen molar-refractivity contribution in [1.29, 1.82) is 0 Å². The van der Waals surface area contributed by atoms with Gasteiger partial charge in [-0.25, -0.2) is 4.99 Å². The van der Waals surface area contributed by atoms with Crippen molar-refractivity contribution in [3.05, 3.63) is 72.3 Å². The maximum absolute atomic E-state index is 12.1. The molecule has 1 aliphatic rings. The van der Waals surface area contributed by atoms with Crippen LogP contribution in [-0.2, 0) is 0 Å². The van der Waals surface area contributed by atoms with Gasteiger partial charge in [-0.3, -0.25) is 9.79 Å². The van der Waals surface area contributed by atoms with Crippen molar-refractivity contribution in [2.24, 2.45) is 9.98 Å². The van der Waals surface area contributed by atoms with Crippen LogP contribution in [0.1, 0.15) is 16.8 Å². The van der Waals surface area contributed by atoms with E-state index in [9.17, 15) is 4.79 Å². The van der Waals surface area contributed by atoms with Gasteiger partial charge in [0.25, 0.3) is 0 Å². The highest BCUT2D eigenvalue weighted by Crippen LogP contribution is 2.30. The van der Waals surface area contributed by atoms with Gasteiger partial charge in [0.05, 0.1) is 11.4 Å². The molecule has 0 N–H and O–H groups in total. The van der Waals surface area contributed by atoms with E-state index < -0.39 is 0 Å². The Hall–Kier alpha value is -2.52. The van der Waals surface area contributed by atoms with Crippen LogP contribution in [-0.4, -0.2) is 16.7 Å². The number of aliphatic imine (C=N–C) groups is 2. The lowest BCUT2D eigenvalue weighted by Crippen LogP contribution is -2.00. The summed E-state index contributed by atoms with van der Waals surface area (Å²) in [7, 11) is 0. The van der Waals surface area contributed by atoms with Crippen LogP contribution >= 0.6 is 11.6 Å². The molecule has 0 aliphatic carbocycles. The van der Waals surface area contributed by atoms with Crippen LogP contribution in [0.2, 0.25) is 0 Å². The average Bonchev–Trinajstić information content (AvgIpc) is 2.71. The third-order valence-corrected chi connectivity index (χ3v) is 3.42. The van der Waals surface area contributed by atoms with E-state index in [4.69, 9.17) is 11.6 Å². The zero-order valence-electron chi connectivity index (χ0n) is 11.7. The molecule has 0 unspecified atom stereocenters. The number of rotatable bonds is 3. The molecule has 0 amide bonds. The summed E-state index contributed by atoms with van der Waals surface area (Å²) in [5.74, 6) is -0.0612. The lowest BCUT2D eigenvalue weighted by molar-refractivity contribution is 0.104. The first-order chi connectivity index (χ1) is 10.7.